The fourth-order valence-electron chi connectivity index (χ4n) is 1.25. The van der Waals surface area contributed by atoms with E-state index in [1.54, 1.807) is 18.2 Å². The summed E-state index contributed by atoms with van der Waals surface area (Å²) < 4.78 is 0. The van der Waals surface area contributed by atoms with E-state index in [-0.39, 0.29) is 0 Å². The van der Waals surface area contributed by atoms with Crippen molar-refractivity contribution in [3.63, 3.8) is 0 Å². The Labute approximate surface area is 98.2 Å². The molecule has 0 heterocycles. The topological polar surface area (TPSA) is 50.4 Å². The third-order valence-corrected chi connectivity index (χ3v) is 2.74. The molecular weight excluding hydrogens is 233 g/mol. The highest BCUT2D eigenvalue weighted by molar-refractivity contribution is 6.36. The number of nitrogens with zero attached hydrogens (tertiary/aromatic N) is 1. The number of hydrogen-bond acceptors (Lipinski definition) is 2. The molecule has 80 valence electrons. The molecule has 0 radical (unpaired) electrons. The van der Waals surface area contributed by atoms with Crippen LogP contribution in [0.4, 0.5) is 0 Å². The van der Waals surface area contributed by atoms with Crippen molar-refractivity contribution in [2.24, 2.45) is 10.8 Å². The zero-order valence-electron chi connectivity index (χ0n) is 8.00. The number of hydrogen-bond donors (Lipinski definition) is 2. The molecule has 1 saturated carbocycles. The zero-order chi connectivity index (χ0) is 10.8. The van der Waals surface area contributed by atoms with E-state index < -0.39 is 0 Å². The Balaban J connectivity index is 2.36. The van der Waals surface area contributed by atoms with E-state index in [2.05, 4.69) is 10.4 Å². The predicted octanol–water partition coefficient (Wildman–Crippen LogP) is 2.37. The van der Waals surface area contributed by atoms with Crippen LogP contribution in [0.25, 0.3) is 0 Å². The van der Waals surface area contributed by atoms with Crippen LogP contribution in [-0.2, 0) is 0 Å². The summed E-state index contributed by atoms with van der Waals surface area (Å²) >= 11 is 11.9. The molecule has 2 rings (SSSR count). The number of aliphatic imine (C=N–C) groups is 1. The molecule has 15 heavy (non-hydrogen) atoms. The van der Waals surface area contributed by atoms with Crippen molar-refractivity contribution in [1.29, 1.82) is 0 Å². The minimum Gasteiger partial charge on any atom is -0.308 e. The van der Waals surface area contributed by atoms with Gasteiger partial charge in [0, 0.05) is 10.6 Å². The first-order valence-electron chi connectivity index (χ1n) is 4.70. The van der Waals surface area contributed by atoms with E-state index >= 15 is 0 Å². The van der Waals surface area contributed by atoms with Crippen LogP contribution in [0.1, 0.15) is 18.4 Å². The zero-order valence-corrected chi connectivity index (χ0v) is 9.52. The van der Waals surface area contributed by atoms with Crippen LogP contribution in [0.2, 0.25) is 10.0 Å². The van der Waals surface area contributed by atoms with E-state index in [0.717, 1.165) is 18.4 Å². The Bertz CT molecular complexity index is 400. The molecule has 0 amide bonds. The highest BCUT2D eigenvalue weighted by atomic mass is 35.5. The summed E-state index contributed by atoms with van der Waals surface area (Å²) in [6, 6.07) is 5.61. The summed E-state index contributed by atoms with van der Waals surface area (Å²) in [6.07, 6.45) is 2.23. The van der Waals surface area contributed by atoms with E-state index in [4.69, 9.17) is 29.0 Å². The van der Waals surface area contributed by atoms with Crippen LogP contribution in [-0.4, -0.2) is 11.9 Å². The first-order chi connectivity index (χ1) is 7.20. The normalized spacial score (nSPS) is 16.6. The van der Waals surface area contributed by atoms with Gasteiger partial charge in [0.2, 0.25) is 0 Å². The second-order valence-electron chi connectivity index (χ2n) is 3.48. The van der Waals surface area contributed by atoms with E-state index in [9.17, 15) is 0 Å². The first-order valence-corrected chi connectivity index (χ1v) is 5.46. The average Bonchev–Trinajstić information content (AvgIpc) is 3.02. The third-order valence-electron chi connectivity index (χ3n) is 2.18. The maximum Gasteiger partial charge on any atom is 0.144 e. The Kier molecular flexibility index (Phi) is 3.14. The summed E-state index contributed by atoms with van der Waals surface area (Å²) in [5, 5.41) is 1.21. The quantitative estimate of drug-likeness (QED) is 0.363. The first kappa shape index (κ1) is 10.7. The van der Waals surface area contributed by atoms with E-state index in [0.29, 0.717) is 21.9 Å². The second-order valence-corrected chi connectivity index (χ2v) is 4.32. The van der Waals surface area contributed by atoms with Gasteiger partial charge in [-0.1, -0.05) is 23.2 Å². The third kappa shape index (κ3) is 2.62. The maximum absolute atomic E-state index is 6.04. The van der Waals surface area contributed by atoms with Crippen LogP contribution >= 0.6 is 23.2 Å². The molecule has 0 unspecified atom stereocenters. The van der Waals surface area contributed by atoms with Gasteiger partial charge in [-0.05, 0) is 31.0 Å². The Morgan fingerprint density at radius 2 is 2.13 bits per heavy atom. The van der Waals surface area contributed by atoms with Crippen molar-refractivity contribution < 1.29 is 0 Å². The van der Waals surface area contributed by atoms with Crippen LogP contribution in [0.5, 0.6) is 0 Å². The molecule has 1 aromatic rings. The number of nitrogens with two attached hydrogens (primary N) is 1. The Morgan fingerprint density at radius 1 is 1.40 bits per heavy atom. The number of rotatable bonds is 2. The van der Waals surface area contributed by atoms with Gasteiger partial charge in [0.1, 0.15) is 5.84 Å². The van der Waals surface area contributed by atoms with Gasteiger partial charge in [-0.2, -0.15) is 0 Å². The van der Waals surface area contributed by atoms with Gasteiger partial charge in [-0.3, -0.25) is 4.99 Å². The van der Waals surface area contributed by atoms with Gasteiger partial charge in [-0.25, -0.2) is 5.84 Å². The number of benzene rings is 1. The summed E-state index contributed by atoms with van der Waals surface area (Å²) in [5.41, 5.74) is 3.31. The highest BCUT2D eigenvalue weighted by Gasteiger charge is 2.21. The molecule has 3 nitrogen and oxygen atoms in total. The predicted molar refractivity (Wildman–Crippen MR) is 63.3 cm³/mol. The van der Waals surface area contributed by atoms with Gasteiger partial charge in [0.25, 0.3) is 0 Å². The second kappa shape index (κ2) is 4.39. The molecule has 1 aliphatic rings. The molecule has 0 spiro atoms. The Morgan fingerprint density at radius 3 is 2.73 bits per heavy atom. The smallest absolute Gasteiger partial charge is 0.144 e. The molecule has 3 N–H and O–H groups in total. The molecule has 1 aromatic carbocycles. The lowest BCUT2D eigenvalue weighted by Crippen LogP contribution is -2.31. The lowest BCUT2D eigenvalue weighted by molar-refractivity contribution is 0.971. The Hall–Kier alpha value is -0.770. The van der Waals surface area contributed by atoms with Gasteiger partial charge in [-0.15, -0.1) is 0 Å². The molecule has 1 fully saturated rings. The highest BCUT2D eigenvalue weighted by Crippen LogP contribution is 2.26. The minimum absolute atomic E-state index is 0.381. The fraction of sp³-hybridized carbons (Fsp3) is 0.300. The molecule has 1 aliphatic carbocycles. The average molecular weight is 244 g/mol. The van der Waals surface area contributed by atoms with E-state index in [1.165, 1.54) is 0 Å². The molecule has 0 bridgehead atoms. The van der Waals surface area contributed by atoms with Gasteiger partial charge in [0.15, 0.2) is 0 Å². The summed E-state index contributed by atoms with van der Waals surface area (Å²) in [4.78, 5) is 4.42. The molecular formula is C10H11Cl2N3. The standard InChI is InChI=1S/C10H11Cl2N3/c11-6-1-4-9(12)8(5-6)10(15-13)14-7-2-3-7/h1,4-5,7H,2-3,13H2,(H,14,15). The minimum atomic E-state index is 0.381. The van der Waals surface area contributed by atoms with Gasteiger partial charge in [0.05, 0.1) is 11.1 Å². The van der Waals surface area contributed by atoms with Crippen molar-refractivity contribution in [2.45, 2.75) is 18.9 Å². The molecule has 5 heteroatoms. The van der Waals surface area contributed by atoms with Crippen molar-refractivity contribution in [3.8, 4) is 0 Å². The largest absolute Gasteiger partial charge is 0.308 e. The summed E-state index contributed by atoms with van der Waals surface area (Å²) in [7, 11) is 0. The van der Waals surface area contributed by atoms with Crippen molar-refractivity contribution in [3.05, 3.63) is 33.8 Å². The maximum atomic E-state index is 6.04. The van der Waals surface area contributed by atoms with Crippen LogP contribution in [0.15, 0.2) is 23.2 Å². The van der Waals surface area contributed by atoms with Crippen LogP contribution in [0, 0.1) is 0 Å². The summed E-state index contributed by atoms with van der Waals surface area (Å²) in [5.74, 6) is 6.02. The van der Waals surface area contributed by atoms with Crippen molar-refractivity contribution in [2.75, 3.05) is 0 Å². The number of amidine groups is 1. The number of halogens is 2. The van der Waals surface area contributed by atoms with Crippen LogP contribution < -0.4 is 11.3 Å². The molecule has 0 aliphatic heterocycles. The van der Waals surface area contributed by atoms with E-state index in [1.807, 2.05) is 0 Å². The summed E-state index contributed by atoms with van der Waals surface area (Å²) in [6.45, 7) is 0. The van der Waals surface area contributed by atoms with Gasteiger partial charge < -0.3 is 5.43 Å². The lowest BCUT2D eigenvalue weighted by Gasteiger charge is -2.08. The number of hydrazine groups is 1. The lowest BCUT2D eigenvalue weighted by atomic mass is 10.2. The molecule has 0 aromatic heterocycles. The molecule has 0 saturated heterocycles. The van der Waals surface area contributed by atoms with Crippen molar-refractivity contribution >= 4 is 29.0 Å². The van der Waals surface area contributed by atoms with Crippen molar-refractivity contribution in [1.82, 2.24) is 5.43 Å². The van der Waals surface area contributed by atoms with Crippen LogP contribution in [0.3, 0.4) is 0 Å². The monoisotopic (exact) mass is 243 g/mol. The SMILES string of the molecule is NNC(=NC1CC1)c1cc(Cl)ccc1Cl. The molecule has 0 atom stereocenters. The van der Waals surface area contributed by atoms with Gasteiger partial charge >= 0.3 is 0 Å². The number of nitrogens with one attached hydrogen (secondary N) is 1. The fourth-order valence-corrected chi connectivity index (χ4v) is 1.63.